The Morgan fingerprint density at radius 3 is 2.00 bits per heavy atom. The SMILES string of the molecule is CC(C)(Cl)CNCl. The molecule has 1 N–H and O–H groups in total. The van der Waals surface area contributed by atoms with Crippen LogP contribution in [0.1, 0.15) is 13.8 Å². The highest BCUT2D eigenvalue weighted by Crippen LogP contribution is 2.09. The van der Waals surface area contributed by atoms with Crippen molar-refractivity contribution in [1.82, 2.24) is 4.84 Å². The average Bonchev–Trinajstić information content (AvgIpc) is 1.30. The average molecular weight is 142 g/mol. The predicted octanol–water partition coefficient (Wildman–Crippen LogP) is 1.75. The van der Waals surface area contributed by atoms with Crippen LogP contribution in [-0.4, -0.2) is 11.4 Å². The van der Waals surface area contributed by atoms with Crippen molar-refractivity contribution in [2.24, 2.45) is 0 Å². The van der Waals surface area contributed by atoms with Crippen LogP contribution < -0.4 is 4.84 Å². The first-order chi connectivity index (χ1) is 3.06. The van der Waals surface area contributed by atoms with Crippen molar-refractivity contribution in [2.75, 3.05) is 6.54 Å². The van der Waals surface area contributed by atoms with E-state index in [4.69, 9.17) is 23.4 Å². The van der Waals surface area contributed by atoms with Crippen LogP contribution in [0.15, 0.2) is 0 Å². The number of rotatable bonds is 2. The highest BCUT2D eigenvalue weighted by atomic mass is 35.5. The molecule has 0 aliphatic heterocycles. The zero-order valence-electron chi connectivity index (χ0n) is 4.46. The minimum atomic E-state index is -0.220. The van der Waals surface area contributed by atoms with Crippen LogP contribution in [-0.2, 0) is 0 Å². The van der Waals surface area contributed by atoms with E-state index in [9.17, 15) is 0 Å². The summed E-state index contributed by atoms with van der Waals surface area (Å²) in [7, 11) is 0. The Morgan fingerprint density at radius 2 is 2.00 bits per heavy atom. The van der Waals surface area contributed by atoms with E-state index in [-0.39, 0.29) is 4.87 Å². The molecule has 0 aromatic rings. The molecule has 0 saturated heterocycles. The van der Waals surface area contributed by atoms with Gasteiger partial charge >= 0.3 is 0 Å². The molecule has 0 saturated carbocycles. The van der Waals surface area contributed by atoms with Crippen LogP contribution in [0.5, 0.6) is 0 Å². The van der Waals surface area contributed by atoms with Gasteiger partial charge in [-0.25, -0.2) is 4.84 Å². The molecule has 7 heavy (non-hydrogen) atoms. The summed E-state index contributed by atoms with van der Waals surface area (Å²) < 4.78 is 0. The van der Waals surface area contributed by atoms with Crippen molar-refractivity contribution < 1.29 is 0 Å². The molecule has 0 atom stereocenters. The summed E-state index contributed by atoms with van der Waals surface area (Å²) in [4.78, 5) is 2.23. The van der Waals surface area contributed by atoms with Crippen molar-refractivity contribution in [2.45, 2.75) is 18.7 Å². The third-order valence-electron chi connectivity index (χ3n) is 0.487. The van der Waals surface area contributed by atoms with Gasteiger partial charge in [0.2, 0.25) is 0 Å². The maximum absolute atomic E-state index is 5.69. The van der Waals surface area contributed by atoms with Crippen molar-refractivity contribution in [3.63, 3.8) is 0 Å². The van der Waals surface area contributed by atoms with Gasteiger partial charge in [-0.1, -0.05) is 0 Å². The van der Waals surface area contributed by atoms with Gasteiger partial charge in [0, 0.05) is 6.54 Å². The van der Waals surface area contributed by atoms with Crippen LogP contribution in [0.25, 0.3) is 0 Å². The van der Waals surface area contributed by atoms with Gasteiger partial charge in [-0.05, 0) is 25.6 Å². The monoisotopic (exact) mass is 141 g/mol. The fourth-order valence-corrected chi connectivity index (χ4v) is 0.628. The third-order valence-corrected chi connectivity index (χ3v) is 0.754. The number of alkyl halides is 1. The summed E-state index contributed by atoms with van der Waals surface area (Å²) in [6, 6.07) is 0. The summed E-state index contributed by atoms with van der Waals surface area (Å²) in [5.41, 5.74) is 0. The van der Waals surface area contributed by atoms with Crippen molar-refractivity contribution in [3.8, 4) is 0 Å². The molecule has 0 aromatic heterocycles. The highest BCUT2D eigenvalue weighted by Gasteiger charge is 2.10. The van der Waals surface area contributed by atoms with E-state index in [1.54, 1.807) is 0 Å². The molecule has 1 nitrogen and oxygen atoms in total. The predicted molar refractivity (Wildman–Crippen MR) is 33.8 cm³/mol. The summed E-state index contributed by atoms with van der Waals surface area (Å²) in [6.07, 6.45) is 0. The topological polar surface area (TPSA) is 12.0 Å². The van der Waals surface area contributed by atoms with E-state index in [1.165, 1.54) is 0 Å². The summed E-state index contributed by atoms with van der Waals surface area (Å²) in [6.45, 7) is 4.41. The second-order valence-electron chi connectivity index (χ2n) is 2.03. The smallest absolute Gasteiger partial charge is 0.0527 e. The molecule has 0 amide bonds. The minimum Gasteiger partial charge on any atom is -0.232 e. The first-order valence-corrected chi connectivity index (χ1v) is 2.84. The molecular weight excluding hydrogens is 133 g/mol. The normalized spacial score (nSPS) is 12.0. The lowest BCUT2D eigenvalue weighted by Crippen LogP contribution is -2.23. The zero-order chi connectivity index (χ0) is 5.91. The van der Waals surface area contributed by atoms with E-state index < -0.39 is 0 Å². The molecule has 0 heterocycles. The standard InChI is InChI=1S/C4H9Cl2N/c1-4(2,5)3-7-6/h7H,3H2,1-2H3. The second kappa shape index (κ2) is 2.75. The third kappa shape index (κ3) is 6.54. The van der Waals surface area contributed by atoms with Crippen LogP contribution in [0.3, 0.4) is 0 Å². The van der Waals surface area contributed by atoms with Crippen LogP contribution in [0.4, 0.5) is 0 Å². The fraction of sp³-hybridized carbons (Fsp3) is 1.00. The number of hydrogen-bond donors (Lipinski definition) is 1. The molecule has 0 aromatic carbocycles. The van der Waals surface area contributed by atoms with Crippen LogP contribution >= 0.6 is 23.4 Å². The van der Waals surface area contributed by atoms with E-state index in [0.29, 0.717) is 6.54 Å². The first kappa shape index (κ1) is 7.54. The van der Waals surface area contributed by atoms with Gasteiger partial charge in [0.25, 0.3) is 0 Å². The van der Waals surface area contributed by atoms with Gasteiger partial charge in [-0.2, -0.15) is 0 Å². The first-order valence-electron chi connectivity index (χ1n) is 2.09. The fourth-order valence-electron chi connectivity index (χ4n) is 0.159. The Labute approximate surface area is 54.1 Å². The molecule has 0 bridgehead atoms. The second-order valence-corrected chi connectivity index (χ2v) is 3.32. The Balaban J connectivity index is 3.15. The maximum Gasteiger partial charge on any atom is 0.0527 e. The Hall–Kier alpha value is 0.540. The molecule has 0 aliphatic rings. The van der Waals surface area contributed by atoms with Gasteiger partial charge in [-0.15, -0.1) is 11.6 Å². The van der Waals surface area contributed by atoms with Crippen LogP contribution in [0, 0.1) is 0 Å². The number of nitrogens with one attached hydrogen (secondary N) is 1. The number of hydrogen-bond acceptors (Lipinski definition) is 1. The van der Waals surface area contributed by atoms with Crippen molar-refractivity contribution in [3.05, 3.63) is 0 Å². The molecular formula is C4H9Cl2N. The quantitative estimate of drug-likeness (QED) is 0.457. The summed E-state index contributed by atoms with van der Waals surface area (Å²) in [5.74, 6) is 0. The van der Waals surface area contributed by atoms with Gasteiger partial charge in [0.1, 0.15) is 0 Å². The molecule has 0 radical (unpaired) electrons. The maximum atomic E-state index is 5.69. The lowest BCUT2D eigenvalue weighted by Gasteiger charge is -2.11. The van der Waals surface area contributed by atoms with Crippen molar-refractivity contribution in [1.29, 1.82) is 0 Å². The molecule has 0 spiro atoms. The molecule has 0 fully saturated rings. The van der Waals surface area contributed by atoms with E-state index in [0.717, 1.165) is 0 Å². The van der Waals surface area contributed by atoms with Gasteiger partial charge < -0.3 is 0 Å². The molecule has 3 heteroatoms. The molecule has 44 valence electrons. The zero-order valence-corrected chi connectivity index (χ0v) is 5.97. The summed E-state index contributed by atoms with van der Waals surface area (Å²) >= 11 is 10.8. The van der Waals surface area contributed by atoms with Gasteiger partial charge in [0.15, 0.2) is 0 Å². The lowest BCUT2D eigenvalue weighted by molar-refractivity contribution is 0.679. The van der Waals surface area contributed by atoms with E-state index in [1.807, 2.05) is 13.8 Å². The Morgan fingerprint density at radius 1 is 1.57 bits per heavy atom. The lowest BCUT2D eigenvalue weighted by atomic mass is 10.2. The Kier molecular flexibility index (Phi) is 2.96. The summed E-state index contributed by atoms with van der Waals surface area (Å²) in [5, 5.41) is 0. The highest BCUT2D eigenvalue weighted by molar-refractivity contribution is 6.24. The van der Waals surface area contributed by atoms with Crippen molar-refractivity contribution >= 4 is 23.4 Å². The minimum absolute atomic E-state index is 0.220. The molecule has 0 rings (SSSR count). The van der Waals surface area contributed by atoms with Gasteiger partial charge in [-0.3, -0.25) is 0 Å². The largest absolute Gasteiger partial charge is 0.232 e. The number of halogens is 2. The molecule has 0 unspecified atom stereocenters. The molecule has 0 aliphatic carbocycles. The van der Waals surface area contributed by atoms with E-state index >= 15 is 0 Å². The Bertz CT molecular complexity index is 48.1. The van der Waals surface area contributed by atoms with E-state index in [2.05, 4.69) is 4.84 Å². The van der Waals surface area contributed by atoms with Crippen LogP contribution in [0.2, 0.25) is 0 Å². The van der Waals surface area contributed by atoms with Gasteiger partial charge in [0.05, 0.1) is 4.87 Å².